The van der Waals surface area contributed by atoms with Gasteiger partial charge in [-0.2, -0.15) is 0 Å². The second-order valence-corrected chi connectivity index (χ2v) is 2.94. The fraction of sp³-hybridized carbons (Fsp3) is 0.273. The summed E-state index contributed by atoms with van der Waals surface area (Å²) in [6.07, 6.45) is 0.997. The quantitative estimate of drug-likeness (QED) is 0.755. The van der Waals surface area contributed by atoms with E-state index in [0.29, 0.717) is 12.0 Å². The van der Waals surface area contributed by atoms with E-state index >= 15 is 0 Å². The van der Waals surface area contributed by atoms with E-state index in [1.165, 1.54) is 6.07 Å². The van der Waals surface area contributed by atoms with Gasteiger partial charge in [-0.15, -0.1) is 0 Å². The highest BCUT2D eigenvalue weighted by Gasteiger charge is 2.08. The van der Waals surface area contributed by atoms with E-state index in [0.717, 1.165) is 5.56 Å². The molecule has 0 bridgehead atoms. The van der Waals surface area contributed by atoms with Gasteiger partial charge in [-0.3, -0.25) is 0 Å². The molecular formula is C11H13FO. The number of halogens is 1. The standard InChI is InChI=1S/C11H13FO/c1-3-8-5-9(11(12)4-2)7-10(13)6-8/h3,5-7,11,13H,1,4H2,2H3. The first kappa shape index (κ1) is 9.78. The van der Waals surface area contributed by atoms with Gasteiger partial charge in [0.2, 0.25) is 0 Å². The summed E-state index contributed by atoms with van der Waals surface area (Å²) in [7, 11) is 0. The average Bonchev–Trinajstić information content (AvgIpc) is 2.15. The molecule has 1 unspecified atom stereocenters. The number of hydrogen-bond donors (Lipinski definition) is 1. The second kappa shape index (κ2) is 4.08. The molecule has 0 spiro atoms. The molecule has 1 aromatic rings. The van der Waals surface area contributed by atoms with Gasteiger partial charge in [0.15, 0.2) is 0 Å². The van der Waals surface area contributed by atoms with E-state index in [9.17, 15) is 9.50 Å². The van der Waals surface area contributed by atoms with Crippen LogP contribution in [-0.4, -0.2) is 5.11 Å². The molecule has 0 fully saturated rings. The molecule has 1 aromatic carbocycles. The Kier molecular flexibility index (Phi) is 3.07. The maximum absolute atomic E-state index is 13.2. The summed E-state index contributed by atoms with van der Waals surface area (Å²) < 4.78 is 13.2. The van der Waals surface area contributed by atoms with Crippen LogP contribution in [0, 0.1) is 0 Å². The molecule has 70 valence electrons. The van der Waals surface area contributed by atoms with Crippen LogP contribution < -0.4 is 0 Å². The van der Waals surface area contributed by atoms with Crippen molar-refractivity contribution in [1.82, 2.24) is 0 Å². The van der Waals surface area contributed by atoms with Gasteiger partial charge in [0.25, 0.3) is 0 Å². The zero-order valence-corrected chi connectivity index (χ0v) is 7.63. The van der Waals surface area contributed by atoms with Crippen LogP contribution in [0.25, 0.3) is 6.08 Å². The Hall–Kier alpha value is -1.31. The summed E-state index contributed by atoms with van der Waals surface area (Å²) >= 11 is 0. The van der Waals surface area contributed by atoms with Crippen LogP contribution in [0.3, 0.4) is 0 Å². The zero-order chi connectivity index (χ0) is 9.84. The lowest BCUT2D eigenvalue weighted by molar-refractivity contribution is 0.333. The molecule has 0 radical (unpaired) electrons. The molecular weight excluding hydrogens is 167 g/mol. The van der Waals surface area contributed by atoms with Crippen LogP contribution in [0.15, 0.2) is 24.8 Å². The molecule has 1 N–H and O–H groups in total. The van der Waals surface area contributed by atoms with Crippen LogP contribution in [0.1, 0.15) is 30.6 Å². The lowest BCUT2D eigenvalue weighted by atomic mass is 10.0. The molecule has 0 aromatic heterocycles. The van der Waals surface area contributed by atoms with Gasteiger partial charge in [0, 0.05) is 0 Å². The maximum atomic E-state index is 13.2. The Morgan fingerprint density at radius 2 is 2.23 bits per heavy atom. The normalized spacial score (nSPS) is 12.5. The number of hydrogen-bond acceptors (Lipinski definition) is 1. The third kappa shape index (κ3) is 2.31. The number of benzene rings is 1. The molecule has 0 saturated heterocycles. The monoisotopic (exact) mass is 180 g/mol. The molecule has 2 heteroatoms. The Morgan fingerprint density at radius 1 is 1.54 bits per heavy atom. The van der Waals surface area contributed by atoms with Crippen LogP contribution in [0.5, 0.6) is 5.75 Å². The molecule has 0 heterocycles. The van der Waals surface area contributed by atoms with Gasteiger partial charge in [0.1, 0.15) is 11.9 Å². The van der Waals surface area contributed by atoms with Crippen molar-refractivity contribution >= 4 is 6.08 Å². The topological polar surface area (TPSA) is 20.2 Å². The van der Waals surface area contributed by atoms with E-state index in [1.54, 1.807) is 25.1 Å². The zero-order valence-electron chi connectivity index (χ0n) is 7.63. The third-order valence-electron chi connectivity index (χ3n) is 1.92. The third-order valence-corrected chi connectivity index (χ3v) is 1.92. The van der Waals surface area contributed by atoms with Crippen molar-refractivity contribution in [3.8, 4) is 5.75 Å². The molecule has 0 amide bonds. The first-order valence-electron chi connectivity index (χ1n) is 4.27. The van der Waals surface area contributed by atoms with Crippen molar-refractivity contribution in [1.29, 1.82) is 0 Å². The van der Waals surface area contributed by atoms with Gasteiger partial charge in [-0.05, 0) is 35.7 Å². The highest BCUT2D eigenvalue weighted by molar-refractivity contribution is 5.51. The minimum atomic E-state index is -1.01. The number of rotatable bonds is 3. The van der Waals surface area contributed by atoms with E-state index in [2.05, 4.69) is 6.58 Å². The van der Waals surface area contributed by atoms with Crippen molar-refractivity contribution in [2.75, 3.05) is 0 Å². The molecule has 0 saturated carbocycles. The van der Waals surface area contributed by atoms with E-state index in [-0.39, 0.29) is 5.75 Å². The summed E-state index contributed by atoms with van der Waals surface area (Å²) in [6, 6.07) is 4.70. The molecule has 0 aliphatic heterocycles. The Balaban J connectivity index is 3.07. The van der Waals surface area contributed by atoms with Crippen molar-refractivity contribution in [3.63, 3.8) is 0 Å². The highest BCUT2D eigenvalue weighted by Crippen LogP contribution is 2.26. The molecule has 1 nitrogen and oxygen atoms in total. The molecule has 0 aliphatic rings. The van der Waals surface area contributed by atoms with Crippen molar-refractivity contribution in [2.45, 2.75) is 19.5 Å². The molecule has 13 heavy (non-hydrogen) atoms. The minimum absolute atomic E-state index is 0.0866. The van der Waals surface area contributed by atoms with Crippen molar-refractivity contribution < 1.29 is 9.50 Å². The summed E-state index contributed by atoms with van der Waals surface area (Å²) in [6.45, 7) is 5.33. The Morgan fingerprint density at radius 3 is 2.77 bits per heavy atom. The van der Waals surface area contributed by atoms with Crippen LogP contribution in [-0.2, 0) is 0 Å². The number of phenols is 1. The first-order chi connectivity index (χ1) is 6.17. The molecule has 1 atom stereocenters. The van der Waals surface area contributed by atoms with E-state index in [4.69, 9.17) is 0 Å². The SMILES string of the molecule is C=Cc1cc(O)cc(C(F)CC)c1. The van der Waals surface area contributed by atoms with E-state index in [1.807, 2.05) is 0 Å². The van der Waals surface area contributed by atoms with Gasteiger partial charge in [-0.1, -0.05) is 19.6 Å². The summed E-state index contributed by atoms with van der Waals surface area (Å²) in [5, 5.41) is 9.25. The first-order valence-corrected chi connectivity index (χ1v) is 4.27. The Bertz CT molecular complexity index is 307. The van der Waals surface area contributed by atoms with Crippen LogP contribution in [0.2, 0.25) is 0 Å². The van der Waals surface area contributed by atoms with Crippen molar-refractivity contribution in [2.24, 2.45) is 0 Å². The lowest BCUT2D eigenvalue weighted by Crippen LogP contribution is -1.89. The van der Waals surface area contributed by atoms with Crippen molar-refractivity contribution in [3.05, 3.63) is 35.9 Å². The Labute approximate surface area is 77.5 Å². The van der Waals surface area contributed by atoms with Gasteiger partial charge in [0.05, 0.1) is 0 Å². The molecule has 0 aliphatic carbocycles. The second-order valence-electron chi connectivity index (χ2n) is 2.94. The predicted octanol–water partition coefficient (Wildman–Crippen LogP) is 3.46. The highest BCUT2D eigenvalue weighted by atomic mass is 19.1. The van der Waals surface area contributed by atoms with Crippen LogP contribution in [0.4, 0.5) is 4.39 Å². The van der Waals surface area contributed by atoms with Crippen LogP contribution >= 0.6 is 0 Å². The van der Waals surface area contributed by atoms with E-state index < -0.39 is 6.17 Å². The number of phenolic OH excluding ortho intramolecular Hbond substituents is 1. The van der Waals surface area contributed by atoms with Gasteiger partial charge in [-0.25, -0.2) is 4.39 Å². The number of aromatic hydroxyl groups is 1. The number of alkyl halides is 1. The van der Waals surface area contributed by atoms with Gasteiger partial charge < -0.3 is 5.11 Å². The predicted molar refractivity (Wildman–Crippen MR) is 52.3 cm³/mol. The fourth-order valence-corrected chi connectivity index (χ4v) is 1.19. The lowest BCUT2D eigenvalue weighted by Gasteiger charge is -2.07. The minimum Gasteiger partial charge on any atom is -0.508 e. The average molecular weight is 180 g/mol. The molecule has 1 rings (SSSR count). The largest absolute Gasteiger partial charge is 0.508 e. The summed E-state index contributed by atoms with van der Waals surface area (Å²) in [4.78, 5) is 0. The van der Waals surface area contributed by atoms with Gasteiger partial charge >= 0.3 is 0 Å². The summed E-state index contributed by atoms with van der Waals surface area (Å²) in [5.41, 5.74) is 1.25. The smallest absolute Gasteiger partial charge is 0.125 e. The fourth-order valence-electron chi connectivity index (χ4n) is 1.19. The summed E-state index contributed by atoms with van der Waals surface area (Å²) in [5.74, 6) is 0.0866. The maximum Gasteiger partial charge on any atom is 0.125 e.